The van der Waals surface area contributed by atoms with Crippen molar-refractivity contribution in [3.8, 4) is 0 Å². The molecule has 2 aromatic carbocycles. The van der Waals surface area contributed by atoms with E-state index in [1.807, 2.05) is 48.5 Å². The lowest BCUT2D eigenvalue weighted by atomic mass is 9.89. The molecule has 1 heterocycles. The number of amides is 4. The van der Waals surface area contributed by atoms with E-state index < -0.39 is 17.5 Å². The Kier molecular flexibility index (Phi) is 6.04. The fraction of sp³-hybridized carbons (Fsp3) is 0.423. The van der Waals surface area contributed by atoms with E-state index in [2.05, 4.69) is 24.5 Å². The van der Waals surface area contributed by atoms with Crippen LogP contribution in [0.25, 0.3) is 0 Å². The maximum Gasteiger partial charge on any atom is 0.325 e. The molecule has 0 spiro atoms. The topological polar surface area (TPSA) is 78.5 Å². The zero-order valence-electron chi connectivity index (χ0n) is 19.0. The number of imide groups is 1. The molecule has 32 heavy (non-hydrogen) atoms. The average Bonchev–Trinajstić information content (AvgIpc) is 3.32. The molecule has 1 aliphatic heterocycles. The van der Waals surface area contributed by atoms with E-state index in [1.54, 1.807) is 6.92 Å². The first-order valence-corrected chi connectivity index (χ1v) is 11.4. The molecule has 2 aliphatic rings. The van der Waals surface area contributed by atoms with Crippen LogP contribution in [-0.4, -0.2) is 29.3 Å². The summed E-state index contributed by atoms with van der Waals surface area (Å²) in [5, 5.41) is 5.84. The van der Waals surface area contributed by atoms with E-state index in [0.717, 1.165) is 41.7 Å². The molecule has 0 radical (unpaired) electrons. The van der Waals surface area contributed by atoms with Crippen LogP contribution < -0.4 is 10.6 Å². The SMILES string of the molecule is CC(C)C[C@@H](NC(=O)CN1C(=O)N[C@@](C)(c2ccc3c(c2)CCC3)C1=O)c1ccccc1. The van der Waals surface area contributed by atoms with Gasteiger partial charge in [-0.2, -0.15) is 0 Å². The van der Waals surface area contributed by atoms with Crippen LogP contribution >= 0.6 is 0 Å². The van der Waals surface area contributed by atoms with Crippen LogP contribution in [0.2, 0.25) is 0 Å². The summed E-state index contributed by atoms with van der Waals surface area (Å²) in [4.78, 5) is 39.9. The van der Waals surface area contributed by atoms with E-state index in [4.69, 9.17) is 0 Å². The van der Waals surface area contributed by atoms with Crippen molar-refractivity contribution in [2.45, 2.75) is 58.0 Å². The number of aryl methyl sites for hydroxylation is 2. The number of nitrogens with zero attached hydrogens (tertiary/aromatic N) is 1. The Labute approximate surface area is 189 Å². The van der Waals surface area contributed by atoms with Crippen molar-refractivity contribution in [3.05, 3.63) is 70.8 Å². The number of benzene rings is 2. The number of carbonyl (C=O) groups is 3. The Morgan fingerprint density at radius 3 is 2.53 bits per heavy atom. The van der Waals surface area contributed by atoms with Crippen LogP contribution in [0.15, 0.2) is 48.5 Å². The largest absolute Gasteiger partial charge is 0.348 e. The predicted octanol–water partition coefficient (Wildman–Crippen LogP) is 3.85. The molecule has 0 saturated carbocycles. The van der Waals surface area contributed by atoms with Gasteiger partial charge in [0.25, 0.3) is 5.91 Å². The molecule has 2 atom stereocenters. The molecule has 6 nitrogen and oxygen atoms in total. The Balaban J connectivity index is 1.48. The van der Waals surface area contributed by atoms with Gasteiger partial charge >= 0.3 is 6.03 Å². The van der Waals surface area contributed by atoms with E-state index in [0.29, 0.717) is 5.92 Å². The van der Waals surface area contributed by atoms with Crippen LogP contribution in [0.5, 0.6) is 0 Å². The Hall–Kier alpha value is -3.15. The van der Waals surface area contributed by atoms with E-state index in [9.17, 15) is 14.4 Å². The van der Waals surface area contributed by atoms with E-state index in [-0.39, 0.29) is 18.5 Å². The number of carbonyl (C=O) groups excluding carboxylic acids is 3. The second-order valence-corrected chi connectivity index (χ2v) is 9.44. The molecule has 1 saturated heterocycles. The fourth-order valence-corrected chi connectivity index (χ4v) is 4.74. The highest BCUT2D eigenvalue weighted by Crippen LogP contribution is 2.32. The van der Waals surface area contributed by atoms with Crippen molar-refractivity contribution in [1.29, 1.82) is 0 Å². The molecule has 4 amide bonds. The summed E-state index contributed by atoms with van der Waals surface area (Å²) in [6.07, 6.45) is 3.92. The van der Waals surface area contributed by atoms with Gasteiger partial charge in [0, 0.05) is 0 Å². The van der Waals surface area contributed by atoms with Crippen molar-refractivity contribution >= 4 is 17.8 Å². The van der Waals surface area contributed by atoms with Crippen LogP contribution in [0.1, 0.15) is 61.9 Å². The number of fused-ring (bicyclic) bond motifs is 1. The lowest BCUT2D eigenvalue weighted by molar-refractivity contribution is -0.135. The summed E-state index contributed by atoms with van der Waals surface area (Å²) >= 11 is 0. The van der Waals surface area contributed by atoms with E-state index >= 15 is 0 Å². The predicted molar refractivity (Wildman–Crippen MR) is 123 cm³/mol. The van der Waals surface area contributed by atoms with Crippen molar-refractivity contribution in [2.75, 3.05) is 6.54 Å². The van der Waals surface area contributed by atoms with Crippen LogP contribution in [0.3, 0.4) is 0 Å². The van der Waals surface area contributed by atoms with Crippen LogP contribution in [0.4, 0.5) is 4.79 Å². The number of rotatable bonds is 7. The van der Waals surface area contributed by atoms with Gasteiger partial charge in [0.05, 0.1) is 6.04 Å². The zero-order valence-corrected chi connectivity index (χ0v) is 19.0. The van der Waals surface area contributed by atoms with Gasteiger partial charge in [-0.15, -0.1) is 0 Å². The molecule has 2 aromatic rings. The molecular formula is C26H31N3O3. The summed E-state index contributed by atoms with van der Waals surface area (Å²) in [5.41, 5.74) is 3.16. The minimum Gasteiger partial charge on any atom is -0.348 e. The van der Waals surface area contributed by atoms with Crippen molar-refractivity contribution in [2.24, 2.45) is 5.92 Å². The molecule has 1 fully saturated rings. The van der Waals surface area contributed by atoms with Crippen molar-refractivity contribution < 1.29 is 14.4 Å². The number of hydrogen-bond donors (Lipinski definition) is 2. The minimum atomic E-state index is -1.16. The maximum atomic E-state index is 13.3. The van der Waals surface area contributed by atoms with Gasteiger partial charge in [-0.1, -0.05) is 62.4 Å². The third-order valence-corrected chi connectivity index (χ3v) is 6.50. The monoisotopic (exact) mass is 433 g/mol. The molecule has 0 bridgehead atoms. The second kappa shape index (κ2) is 8.77. The van der Waals surface area contributed by atoms with Crippen molar-refractivity contribution in [1.82, 2.24) is 15.5 Å². The highest BCUT2D eigenvalue weighted by atomic mass is 16.2. The van der Waals surface area contributed by atoms with Crippen molar-refractivity contribution in [3.63, 3.8) is 0 Å². The summed E-state index contributed by atoms with van der Waals surface area (Å²) in [5.74, 6) is -0.364. The highest BCUT2D eigenvalue weighted by molar-refractivity contribution is 6.09. The molecule has 6 heteroatoms. The van der Waals surface area contributed by atoms with Gasteiger partial charge < -0.3 is 10.6 Å². The van der Waals surface area contributed by atoms with Gasteiger partial charge in [0.15, 0.2) is 0 Å². The zero-order chi connectivity index (χ0) is 22.9. The number of nitrogens with one attached hydrogen (secondary N) is 2. The quantitative estimate of drug-likeness (QED) is 0.651. The summed E-state index contributed by atoms with van der Waals surface area (Å²) in [6, 6.07) is 15.1. The molecule has 168 valence electrons. The normalized spacial score (nSPS) is 20.9. The Morgan fingerprint density at radius 2 is 1.81 bits per heavy atom. The highest BCUT2D eigenvalue weighted by Gasteiger charge is 2.49. The van der Waals surface area contributed by atoms with Crippen LogP contribution in [0, 0.1) is 5.92 Å². The Bertz CT molecular complexity index is 1030. The lowest BCUT2D eigenvalue weighted by Crippen LogP contribution is -2.44. The van der Waals surface area contributed by atoms with Gasteiger partial charge in [-0.25, -0.2) is 4.79 Å². The molecule has 0 aromatic heterocycles. The third kappa shape index (κ3) is 4.27. The molecule has 0 unspecified atom stereocenters. The second-order valence-electron chi connectivity index (χ2n) is 9.44. The van der Waals surface area contributed by atoms with Gasteiger partial charge in [-0.05, 0) is 60.8 Å². The molecular weight excluding hydrogens is 402 g/mol. The summed E-state index contributed by atoms with van der Waals surface area (Å²) < 4.78 is 0. The smallest absolute Gasteiger partial charge is 0.325 e. The third-order valence-electron chi connectivity index (χ3n) is 6.50. The summed E-state index contributed by atoms with van der Waals surface area (Å²) in [6.45, 7) is 5.61. The number of urea groups is 1. The van der Waals surface area contributed by atoms with E-state index in [1.165, 1.54) is 11.1 Å². The molecule has 4 rings (SSSR count). The standard InChI is InChI=1S/C26H31N3O3/c1-17(2)14-22(19-8-5-4-6-9-19)27-23(30)16-29-24(31)26(3,28-25(29)32)21-13-12-18-10-7-11-20(18)15-21/h4-6,8-9,12-13,15,17,22H,7,10-11,14,16H2,1-3H3,(H,27,30)(H,28,32)/t22-,26+/m1/s1. The maximum absolute atomic E-state index is 13.3. The average molecular weight is 434 g/mol. The Morgan fingerprint density at radius 1 is 1.09 bits per heavy atom. The molecule has 2 N–H and O–H groups in total. The summed E-state index contributed by atoms with van der Waals surface area (Å²) in [7, 11) is 0. The number of hydrogen-bond acceptors (Lipinski definition) is 3. The van der Waals surface area contributed by atoms with Gasteiger partial charge in [0.1, 0.15) is 12.1 Å². The minimum absolute atomic E-state index is 0.174. The van der Waals surface area contributed by atoms with Gasteiger partial charge in [-0.3, -0.25) is 14.5 Å². The molecule has 1 aliphatic carbocycles. The van der Waals surface area contributed by atoms with Gasteiger partial charge in [0.2, 0.25) is 5.91 Å². The lowest BCUT2D eigenvalue weighted by Gasteiger charge is -2.24. The first-order valence-electron chi connectivity index (χ1n) is 11.4. The first kappa shape index (κ1) is 22.1. The first-order chi connectivity index (χ1) is 15.3. The fourth-order valence-electron chi connectivity index (χ4n) is 4.74. The van der Waals surface area contributed by atoms with Crippen LogP contribution in [-0.2, 0) is 28.0 Å².